The van der Waals surface area contributed by atoms with E-state index in [0.29, 0.717) is 37.9 Å². The van der Waals surface area contributed by atoms with Crippen molar-refractivity contribution in [2.24, 2.45) is 121 Å². The zero-order valence-corrected chi connectivity index (χ0v) is 25.0. The standard InChI is InChI=1S/C35H54/c1-13-19-27-28-26-23-15(2)22-21-14-20-16(3)31(21,10)35(28)18(5)29(6,7)30(8,9)32(19,11)33(27,12)34(20,35)17(4)24(26)25(22)23/h15-28H,13-14H2,1-12H3. The second-order valence-electron chi connectivity index (χ2n) is 18.3. The molecule has 0 nitrogen and oxygen atoms in total. The summed E-state index contributed by atoms with van der Waals surface area (Å²) in [5.41, 5.74) is 3.40. The van der Waals surface area contributed by atoms with Gasteiger partial charge in [0, 0.05) is 0 Å². The van der Waals surface area contributed by atoms with Crippen molar-refractivity contribution in [3.05, 3.63) is 0 Å². The minimum atomic E-state index is 0.363. The van der Waals surface area contributed by atoms with Crippen molar-refractivity contribution >= 4 is 0 Å². The smallest absolute Gasteiger partial charge is 0.0106 e. The van der Waals surface area contributed by atoms with Crippen LogP contribution in [0.2, 0.25) is 0 Å². The third kappa shape index (κ3) is 1.26. The Bertz CT molecular complexity index is 1100. The third-order valence-corrected chi connectivity index (χ3v) is 20.4. The van der Waals surface area contributed by atoms with E-state index < -0.39 is 0 Å². The summed E-state index contributed by atoms with van der Waals surface area (Å²) in [6.07, 6.45) is 3.03. The van der Waals surface area contributed by atoms with E-state index in [2.05, 4.69) is 83.1 Å². The summed E-state index contributed by atoms with van der Waals surface area (Å²) in [6, 6.07) is 0. The van der Waals surface area contributed by atoms with Gasteiger partial charge in [0.05, 0.1) is 0 Å². The Morgan fingerprint density at radius 1 is 0.629 bits per heavy atom. The van der Waals surface area contributed by atoms with E-state index in [9.17, 15) is 0 Å². The van der Waals surface area contributed by atoms with Crippen LogP contribution in [0.25, 0.3) is 0 Å². The molecule has 10 aliphatic rings. The van der Waals surface area contributed by atoms with Crippen LogP contribution in [0, 0.1) is 121 Å². The Morgan fingerprint density at radius 3 is 1.91 bits per heavy atom. The SMILES string of the molecule is CCC1C2C3C4C5C(C)C6C5C4C(C)C45C7CC6C(C)(C7C)C34C(C)C(C)(C)C(C)(C)C1(C)C25C. The Morgan fingerprint density at radius 2 is 1.29 bits per heavy atom. The minimum absolute atomic E-state index is 0.363. The molecule has 19 unspecified atom stereocenters. The molecule has 0 saturated heterocycles. The highest BCUT2D eigenvalue weighted by molar-refractivity contribution is 5.50. The summed E-state index contributed by atoms with van der Waals surface area (Å²) in [6.45, 7) is 33.8. The number of hydrogen-bond acceptors (Lipinski definition) is 0. The summed E-state index contributed by atoms with van der Waals surface area (Å²) in [5.74, 6) is 14.2. The Labute approximate surface area is 216 Å². The second kappa shape index (κ2) is 5.01. The molecule has 1 spiro atoms. The molecule has 0 radical (unpaired) electrons. The van der Waals surface area contributed by atoms with E-state index >= 15 is 0 Å². The van der Waals surface area contributed by atoms with Gasteiger partial charge >= 0.3 is 0 Å². The van der Waals surface area contributed by atoms with Gasteiger partial charge in [-0.05, 0) is 127 Å². The fourth-order valence-corrected chi connectivity index (χ4v) is 19.5. The average Bonchev–Trinajstić information content (AvgIpc) is 3.18. The van der Waals surface area contributed by atoms with Crippen molar-refractivity contribution in [1.82, 2.24) is 0 Å². The van der Waals surface area contributed by atoms with Crippen LogP contribution in [0.3, 0.4) is 0 Å². The number of rotatable bonds is 1. The highest BCUT2D eigenvalue weighted by atomic mass is 15.1. The average molecular weight is 475 g/mol. The first-order valence-electron chi connectivity index (χ1n) is 16.2. The van der Waals surface area contributed by atoms with Gasteiger partial charge in [0.25, 0.3) is 0 Å². The lowest BCUT2D eigenvalue weighted by atomic mass is 9.19. The van der Waals surface area contributed by atoms with Crippen molar-refractivity contribution in [2.75, 3.05) is 0 Å². The maximum absolute atomic E-state index is 2.98. The highest BCUT2D eigenvalue weighted by Gasteiger charge is 3.03. The van der Waals surface area contributed by atoms with Gasteiger partial charge in [-0.2, -0.15) is 0 Å². The van der Waals surface area contributed by atoms with Crippen LogP contribution in [0.15, 0.2) is 0 Å². The first-order chi connectivity index (χ1) is 16.2. The van der Waals surface area contributed by atoms with E-state index in [1.807, 2.05) is 0 Å². The molecule has 10 saturated carbocycles. The summed E-state index contributed by atoms with van der Waals surface area (Å²) in [4.78, 5) is 0. The number of hydrogen-bond donors (Lipinski definition) is 0. The zero-order chi connectivity index (χ0) is 25.0. The Kier molecular flexibility index (Phi) is 3.13. The van der Waals surface area contributed by atoms with Crippen LogP contribution in [0.5, 0.6) is 0 Å². The van der Waals surface area contributed by atoms with E-state index in [-0.39, 0.29) is 0 Å². The summed E-state index contributed by atoms with van der Waals surface area (Å²) < 4.78 is 0. The van der Waals surface area contributed by atoms with Gasteiger partial charge < -0.3 is 0 Å². The molecule has 0 aliphatic heterocycles. The molecule has 0 aromatic heterocycles. The van der Waals surface area contributed by atoms with Crippen LogP contribution >= 0.6 is 0 Å². The predicted octanol–water partition coefficient (Wildman–Crippen LogP) is 8.66. The van der Waals surface area contributed by atoms with Crippen molar-refractivity contribution in [3.63, 3.8) is 0 Å². The van der Waals surface area contributed by atoms with Crippen molar-refractivity contribution in [1.29, 1.82) is 0 Å². The molecule has 19 atom stereocenters. The quantitative estimate of drug-likeness (QED) is 0.356. The second-order valence-corrected chi connectivity index (χ2v) is 18.3. The topological polar surface area (TPSA) is 0 Å². The molecule has 0 aromatic rings. The summed E-state index contributed by atoms with van der Waals surface area (Å²) in [7, 11) is 0. The van der Waals surface area contributed by atoms with Gasteiger partial charge in [-0.15, -0.1) is 0 Å². The van der Waals surface area contributed by atoms with Crippen LogP contribution in [-0.2, 0) is 0 Å². The lowest BCUT2D eigenvalue weighted by Crippen LogP contribution is -2.82. The molecule has 0 heterocycles. The van der Waals surface area contributed by atoms with Gasteiger partial charge in [-0.1, -0.05) is 89.5 Å². The summed E-state index contributed by atoms with van der Waals surface area (Å²) in [5, 5.41) is 0. The monoisotopic (exact) mass is 474 g/mol. The van der Waals surface area contributed by atoms with E-state index in [1.54, 1.807) is 6.42 Å². The van der Waals surface area contributed by atoms with E-state index in [1.165, 1.54) is 6.42 Å². The first-order valence-corrected chi connectivity index (χ1v) is 16.2. The normalized spacial score (nSPS) is 78.2. The molecule has 0 N–H and O–H groups in total. The highest BCUT2D eigenvalue weighted by Crippen LogP contribution is 3.07. The number of fused-ring (bicyclic) bond motifs is 1. The maximum atomic E-state index is 2.98. The molecule has 194 valence electrons. The van der Waals surface area contributed by atoms with Gasteiger partial charge in [-0.25, -0.2) is 0 Å². The van der Waals surface area contributed by atoms with E-state index in [4.69, 9.17) is 0 Å². The van der Waals surface area contributed by atoms with E-state index in [0.717, 1.165) is 82.9 Å². The first kappa shape index (κ1) is 21.9. The zero-order valence-electron chi connectivity index (χ0n) is 25.0. The fraction of sp³-hybridized carbons (Fsp3) is 1.00. The molecular formula is C35H54. The van der Waals surface area contributed by atoms with Gasteiger partial charge in [0.15, 0.2) is 0 Å². The van der Waals surface area contributed by atoms with Crippen molar-refractivity contribution in [2.45, 2.75) is 95.9 Å². The van der Waals surface area contributed by atoms with Crippen LogP contribution < -0.4 is 0 Å². The molecule has 10 rings (SSSR count). The molecule has 0 aromatic carbocycles. The lowest BCUT2D eigenvalue weighted by molar-refractivity contribution is -0.385. The van der Waals surface area contributed by atoms with Crippen molar-refractivity contribution in [3.8, 4) is 0 Å². The molecule has 10 fully saturated rings. The maximum Gasteiger partial charge on any atom is -0.0106 e. The fourth-order valence-electron chi connectivity index (χ4n) is 19.5. The molecular weight excluding hydrogens is 420 g/mol. The predicted molar refractivity (Wildman–Crippen MR) is 143 cm³/mol. The van der Waals surface area contributed by atoms with Crippen LogP contribution in [0.4, 0.5) is 0 Å². The molecule has 35 heavy (non-hydrogen) atoms. The van der Waals surface area contributed by atoms with Gasteiger partial charge in [0.2, 0.25) is 0 Å². The largest absolute Gasteiger partial charge is 0.0651 e. The van der Waals surface area contributed by atoms with Gasteiger partial charge in [0.1, 0.15) is 0 Å². The molecule has 0 amide bonds. The molecule has 0 heteroatoms. The molecule has 10 aliphatic carbocycles. The van der Waals surface area contributed by atoms with Crippen LogP contribution in [0.1, 0.15) is 95.9 Å². The van der Waals surface area contributed by atoms with Crippen molar-refractivity contribution < 1.29 is 0 Å². The van der Waals surface area contributed by atoms with Gasteiger partial charge in [-0.3, -0.25) is 0 Å². The third-order valence-electron chi connectivity index (χ3n) is 20.4. The van der Waals surface area contributed by atoms with Crippen LogP contribution in [-0.4, -0.2) is 0 Å². The lowest BCUT2D eigenvalue weighted by Gasteiger charge is -2.85. The Hall–Kier alpha value is 0. The summed E-state index contributed by atoms with van der Waals surface area (Å²) >= 11 is 0. The minimum Gasteiger partial charge on any atom is -0.0651 e. The molecule has 11 bridgehead atoms. The Balaban J connectivity index is 1.50.